The van der Waals surface area contributed by atoms with Gasteiger partial charge in [0.15, 0.2) is 0 Å². The highest BCUT2D eigenvalue weighted by atomic mass is 32.1. The summed E-state index contributed by atoms with van der Waals surface area (Å²) in [6.07, 6.45) is 0. The van der Waals surface area contributed by atoms with Gasteiger partial charge in [0.25, 0.3) is 5.91 Å². The average molecular weight is 329 g/mol. The van der Waals surface area contributed by atoms with E-state index in [0.29, 0.717) is 18.0 Å². The first kappa shape index (κ1) is 15.2. The molecule has 2 heterocycles. The van der Waals surface area contributed by atoms with Gasteiger partial charge in [0.2, 0.25) is 0 Å². The molecular formula is C16H15N3O3S. The Balaban J connectivity index is 1.65. The summed E-state index contributed by atoms with van der Waals surface area (Å²) in [7, 11) is 0. The van der Waals surface area contributed by atoms with E-state index in [9.17, 15) is 9.59 Å². The molecule has 2 N–H and O–H groups in total. The van der Waals surface area contributed by atoms with Crippen molar-refractivity contribution in [2.45, 2.75) is 13.5 Å². The third-order valence-electron chi connectivity index (χ3n) is 3.51. The van der Waals surface area contributed by atoms with Gasteiger partial charge in [-0.05, 0) is 31.2 Å². The van der Waals surface area contributed by atoms with Gasteiger partial charge in [0.1, 0.15) is 10.7 Å². The number of carbonyl (C=O) groups excluding carboxylic acids is 1. The van der Waals surface area contributed by atoms with Crippen LogP contribution in [-0.4, -0.2) is 33.1 Å². The van der Waals surface area contributed by atoms with Crippen molar-refractivity contribution in [2.24, 2.45) is 0 Å². The number of thiophene rings is 1. The van der Waals surface area contributed by atoms with Crippen molar-refractivity contribution in [3.05, 3.63) is 52.0 Å². The molecule has 1 aromatic carbocycles. The molecule has 2 aromatic heterocycles. The SMILES string of the molecule is Cc1nc2ccccc2n1CCNC(=O)c1ccc(C(=O)O)s1. The van der Waals surface area contributed by atoms with Crippen LogP contribution in [0.2, 0.25) is 0 Å². The van der Waals surface area contributed by atoms with Crippen LogP contribution in [0.4, 0.5) is 0 Å². The summed E-state index contributed by atoms with van der Waals surface area (Å²) in [4.78, 5) is 27.9. The first-order valence-electron chi connectivity index (χ1n) is 7.09. The van der Waals surface area contributed by atoms with Gasteiger partial charge in [0, 0.05) is 13.1 Å². The van der Waals surface area contributed by atoms with E-state index in [2.05, 4.69) is 10.3 Å². The topological polar surface area (TPSA) is 84.2 Å². The minimum absolute atomic E-state index is 0.159. The smallest absolute Gasteiger partial charge is 0.345 e. The monoisotopic (exact) mass is 329 g/mol. The van der Waals surface area contributed by atoms with Gasteiger partial charge in [-0.25, -0.2) is 9.78 Å². The summed E-state index contributed by atoms with van der Waals surface area (Å²) >= 11 is 0.972. The molecule has 0 aliphatic rings. The summed E-state index contributed by atoms with van der Waals surface area (Å²) in [5, 5.41) is 11.7. The second kappa shape index (κ2) is 6.21. The fraction of sp³-hybridized carbons (Fsp3) is 0.188. The van der Waals surface area contributed by atoms with Crippen LogP contribution in [0, 0.1) is 6.92 Å². The van der Waals surface area contributed by atoms with E-state index in [1.165, 1.54) is 12.1 Å². The normalized spacial score (nSPS) is 10.8. The molecule has 7 heteroatoms. The number of aryl methyl sites for hydroxylation is 1. The molecule has 0 spiro atoms. The molecule has 0 saturated heterocycles. The Kier molecular flexibility index (Phi) is 4.12. The number of rotatable bonds is 5. The molecule has 0 atom stereocenters. The Labute approximate surface area is 136 Å². The highest BCUT2D eigenvalue weighted by Crippen LogP contribution is 2.17. The Hall–Kier alpha value is -2.67. The summed E-state index contributed by atoms with van der Waals surface area (Å²) in [6.45, 7) is 2.98. The molecule has 23 heavy (non-hydrogen) atoms. The van der Waals surface area contributed by atoms with Crippen LogP contribution in [0.5, 0.6) is 0 Å². The zero-order valence-corrected chi connectivity index (χ0v) is 13.3. The van der Waals surface area contributed by atoms with Crippen LogP contribution in [0.1, 0.15) is 25.2 Å². The van der Waals surface area contributed by atoms with Crippen molar-refractivity contribution < 1.29 is 14.7 Å². The molecule has 0 saturated carbocycles. The lowest BCUT2D eigenvalue weighted by atomic mass is 10.3. The van der Waals surface area contributed by atoms with Crippen molar-refractivity contribution in [1.29, 1.82) is 0 Å². The second-order valence-electron chi connectivity index (χ2n) is 5.02. The van der Waals surface area contributed by atoms with Gasteiger partial charge in [-0.3, -0.25) is 4.79 Å². The van der Waals surface area contributed by atoms with E-state index >= 15 is 0 Å². The maximum Gasteiger partial charge on any atom is 0.345 e. The van der Waals surface area contributed by atoms with E-state index in [4.69, 9.17) is 5.11 Å². The molecule has 6 nitrogen and oxygen atoms in total. The Morgan fingerprint density at radius 3 is 2.70 bits per heavy atom. The van der Waals surface area contributed by atoms with Crippen molar-refractivity contribution in [2.75, 3.05) is 6.54 Å². The van der Waals surface area contributed by atoms with Gasteiger partial charge in [-0.1, -0.05) is 12.1 Å². The van der Waals surface area contributed by atoms with Gasteiger partial charge >= 0.3 is 5.97 Å². The maximum atomic E-state index is 12.0. The standard InChI is InChI=1S/C16H15N3O3S/c1-10-18-11-4-2-3-5-12(11)19(10)9-8-17-15(20)13-6-7-14(23-13)16(21)22/h2-7H,8-9H2,1H3,(H,17,20)(H,21,22). The number of nitrogens with one attached hydrogen (secondary N) is 1. The number of para-hydroxylation sites is 2. The molecule has 0 unspecified atom stereocenters. The molecule has 118 valence electrons. The number of carboxylic acids is 1. The second-order valence-corrected chi connectivity index (χ2v) is 6.11. The largest absolute Gasteiger partial charge is 0.477 e. The number of hydrogen-bond acceptors (Lipinski definition) is 4. The molecular weight excluding hydrogens is 314 g/mol. The third kappa shape index (κ3) is 3.09. The lowest BCUT2D eigenvalue weighted by molar-refractivity contribution is 0.0702. The van der Waals surface area contributed by atoms with Crippen LogP contribution in [-0.2, 0) is 6.54 Å². The van der Waals surface area contributed by atoms with Crippen LogP contribution in [0.25, 0.3) is 11.0 Å². The summed E-state index contributed by atoms with van der Waals surface area (Å²) in [5.41, 5.74) is 1.96. The number of amides is 1. The maximum absolute atomic E-state index is 12.0. The fourth-order valence-electron chi connectivity index (χ4n) is 2.42. The Bertz CT molecular complexity index is 882. The minimum atomic E-state index is -1.02. The number of carboxylic acid groups (broad SMARTS) is 1. The molecule has 3 rings (SSSR count). The summed E-state index contributed by atoms with van der Waals surface area (Å²) < 4.78 is 2.05. The van der Waals surface area contributed by atoms with Crippen molar-refractivity contribution >= 4 is 34.2 Å². The molecule has 0 aliphatic heterocycles. The fourth-order valence-corrected chi connectivity index (χ4v) is 3.18. The number of imidazole rings is 1. The molecule has 3 aromatic rings. The minimum Gasteiger partial charge on any atom is -0.477 e. The Morgan fingerprint density at radius 2 is 1.96 bits per heavy atom. The predicted octanol–water partition coefficient (Wildman–Crippen LogP) is 2.53. The first-order valence-corrected chi connectivity index (χ1v) is 7.91. The highest BCUT2D eigenvalue weighted by Gasteiger charge is 2.13. The van der Waals surface area contributed by atoms with Crippen molar-refractivity contribution in [1.82, 2.24) is 14.9 Å². The van der Waals surface area contributed by atoms with Crippen LogP contribution in [0.3, 0.4) is 0 Å². The quantitative estimate of drug-likeness (QED) is 0.753. The summed E-state index contributed by atoms with van der Waals surface area (Å²) in [6, 6.07) is 10.8. The first-order chi connectivity index (χ1) is 11.1. The van der Waals surface area contributed by atoms with E-state index in [1.54, 1.807) is 0 Å². The molecule has 0 fully saturated rings. The Morgan fingerprint density at radius 1 is 1.22 bits per heavy atom. The van der Waals surface area contributed by atoms with E-state index in [-0.39, 0.29) is 10.8 Å². The van der Waals surface area contributed by atoms with Crippen LogP contribution >= 0.6 is 11.3 Å². The molecule has 0 aliphatic carbocycles. The lowest BCUT2D eigenvalue weighted by Gasteiger charge is -2.08. The zero-order chi connectivity index (χ0) is 16.4. The summed E-state index contributed by atoms with van der Waals surface area (Å²) in [5.74, 6) is -0.385. The molecule has 0 bridgehead atoms. The molecule has 0 radical (unpaired) electrons. The number of aromatic carboxylic acids is 1. The van der Waals surface area contributed by atoms with E-state index < -0.39 is 5.97 Å². The van der Waals surface area contributed by atoms with Gasteiger partial charge < -0.3 is 15.0 Å². The number of nitrogens with zero attached hydrogens (tertiary/aromatic N) is 2. The van der Waals surface area contributed by atoms with E-state index in [1.807, 2.05) is 35.8 Å². The number of aromatic nitrogens is 2. The third-order valence-corrected chi connectivity index (χ3v) is 4.58. The average Bonchev–Trinajstić information content (AvgIpc) is 3.12. The molecule has 1 amide bonds. The van der Waals surface area contributed by atoms with Gasteiger partial charge in [-0.2, -0.15) is 0 Å². The predicted molar refractivity (Wildman–Crippen MR) is 88.1 cm³/mol. The van der Waals surface area contributed by atoms with E-state index in [0.717, 1.165) is 28.2 Å². The zero-order valence-electron chi connectivity index (χ0n) is 12.4. The van der Waals surface area contributed by atoms with Gasteiger partial charge in [-0.15, -0.1) is 11.3 Å². The van der Waals surface area contributed by atoms with Crippen LogP contribution in [0.15, 0.2) is 36.4 Å². The van der Waals surface area contributed by atoms with Crippen molar-refractivity contribution in [3.63, 3.8) is 0 Å². The number of benzene rings is 1. The number of hydrogen-bond donors (Lipinski definition) is 2. The van der Waals surface area contributed by atoms with Crippen molar-refractivity contribution in [3.8, 4) is 0 Å². The highest BCUT2D eigenvalue weighted by molar-refractivity contribution is 7.15. The number of fused-ring (bicyclic) bond motifs is 1. The number of carbonyl (C=O) groups is 2. The van der Waals surface area contributed by atoms with Gasteiger partial charge in [0.05, 0.1) is 15.9 Å². The lowest BCUT2D eigenvalue weighted by Crippen LogP contribution is -2.26. The van der Waals surface area contributed by atoms with Crippen LogP contribution < -0.4 is 5.32 Å².